The van der Waals surface area contributed by atoms with Gasteiger partial charge in [-0.3, -0.25) is 4.79 Å². The van der Waals surface area contributed by atoms with Crippen LogP contribution in [0.15, 0.2) is 24.3 Å². The summed E-state index contributed by atoms with van der Waals surface area (Å²) in [6.07, 6.45) is 23.1. The SMILES string of the molecule is CCCCCCCCCCCCCCCCCCOc1ccc(C=O)cc1. The van der Waals surface area contributed by atoms with Crippen LogP contribution in [0.1, 0.15) is 120 Å². The zero-order chi connectivity index (χ0) is 19.4. The molecule has 0 atom stereocenters. The number of rotatable bonds is 19. The monoisotopic (exact) mass is 374 g/mol. The molecule has 0 amide bonds. The molecule has 0 spiro atoms. The van der Waals surface area contributed by atoms with Gasteiger partial charge in [0, 0.05) is 5.56 Å². The van der Waals surface area contributed by atoms with Crippen molar-refractivity contribution < 1.29 is 9.53 Å². The highest BCUT2D eigenvalue weighted by atomic mass is 16.5. The third-order valence-electron chi connectivity index (χ3n) is 5.28. The molecule has 0 aliphatic rings. The Balaban J connectivity index is 1.76. The Hall–Kier alpha value is -1.31. The van der Waals surface area contributed by atoms with Gasteiger partial charge in [-0.25, -0.2) is 0 Å². The maximum atomic E-state index is 10.6. The molecule has 0 N–H and O–H groups in total. The molecule has 0 saturated heterocycles. The summed E-state index contributed by atoms with van der Waals surface area (Å²) in [7, 11) is 0. The molecular formula is C25H42O2. The summed E-state index contributed by atoms with van der Waals surface area (Å²) in [5.41, 5.74) is 0.699. The first-order valence-electron chi connectivity index (χ1n) is 11.5. The highest BCUT2D eigenvalue weighted by Gasteiger charge is 1.96. The first kappa shape index (κ1) is 23.7. The summed E-state index contributed by atoms with van der Waals surface area (Å²) in [6, 6.07) is 7.35. The molecule has 27 heavy (non-hydrogen) atoms. The molecule has 2 nitrogen and oxygen atoms in total. The lowest BCUT2D eigenvalue weighted by Crippen LogP contribution is -1.97. The van der Waals surface area contributed by atoms with Gasteiger partial charge in [0.1, 0.15) is 12.0 Å². The minimum atomic E-state index is 0.699. The number of aldehydes is 1. The number of ether oxygens (including phenoxy) is 1. The van der Waals surface area contributed by atoms with Crippen molar-refractivity contribution in [3.63, 3.8) is 0 Å². The molecule has 154 valence electrons. The standard InChI is InChI=1S/C25H42O2/c1-2-3-4-5-6-7-8-9-10-11-12-13-14-15-16-17-22-27-25-20-18-24(23-26)19-21-25/h18-21,23H,2-17,22H2,1H3. The Kier molecular flexibility index (Phi) is 15.9. The number of unbranched alkanes of at least 4 members (excludes halogenated alkanes) is 15. The van der Waals surface area contributed by atoms with Crippen LogP contribution < -0.4 is 4.74 Å². The smallest absolute Gasteiger partial charge is 0.150 e. The Morgan fingerprint density at radius 2 is 1.04 bits per heavy atom. The van der Waals surface area contributed by atoms with Crippen molar-refractivity contribution in [1.29, 1.82) is 0 Å². The summed E-state index contributed by atoms with van der Waals surface area (Å²) in [4.78, 5) is 10.6. The fraction of sp³-hybridized carbons (Fsp3) is 0.720. The average molecular weight is 375 g/mol. The van der Waals surface area contributed by atoms with Crippen LogP contribution in [0, 0.1) is 0 Å². The van der Waals surface area contributed by atoms with Gasteiger partial charge in [-0.2, -0.15) is 0 Å². The molecule has 0 unspecified atom stereocenters. The third-order valence-corrected chi connectivity index (χ3v) is 5.28. The number of hydrogen-bond donors (Lipinski definition) is 0. The molecule has 1 aromatic rings. The average Bonchev–Trinajstić information content (AvgIpc) is 2.70. The molecule has 0 aliphatic heterocycles. The van der Waals surface area contributed by atoms with Crippen LogP contribution in [0.3, 0.4) is 0 Å². The van der Waals surface area contributed by atoms with E-state index in [1.165, 1.54) is 96.3 Å². The van der Waals surface area contributed by atoms with Crippen molar-refractivity contribution in [2.45, 2.75) is 110 Å². The quantitative estimate of drug-likeness (QED) is 0.180. The van der Waals surface area contributed by atoms with Crippen LogP contribution in [0.4, 0.5) is 0 Å². The molecule has 1 aromatic carbocycles. The van der Waals surface area contributed by atoms with Gasteiger partial charge in [0.2, 0.25) is 0 Å². The van der Waals surface area contributed by atoms with Crippen LogP contribution in [0.25, 0.3) is 0 Å². The molecule has 0 radical (unpaired) electrons. The minimum absolute atomic E-state index is 0.699. The predicted molar refractivity (Wildman–Crippen MR) is 117 cm³/mol. The zero-order valence-corrected chi connectivity index (χ0v) is 17.7. The van der Waals surface area contributed by atoms with E-state index in [1.807, 2.05) is 12.1 Å². The highest BCUT2D eigenvalue weighted by molar-refractivity contribution is 5.74. The molecule has 1 rings (SSSR count). The van der Waals surface area contributed by atoms with Gasteiger partial charge in [-0.15, -0.1) is 0 Å². The van der Waals surface area contributed by atoms with Gasteiger partial charge in [-0.05, 0) is 30.7 Å². The van der Waals surface area contributed by atoms with Gasteiger partial charge >= 0.3 is 0 Å². The van der Waals surface area contributed by atoms with Crippen LogP contribution >= 0.6 is 0 Å². The lowest BCUT2D eigenvalue weighted by Gasteiger charge is -2.06. The predicted octanol–water partition coefficient (Wildman–Crippen LogP) is 8.14. The summed E-state index contributed by atoms with van der Waals surface area (Å²) in [5.74, 6) is 0.863. The second kappa shape index (κ2) is 18.1. The molecule has 0 heterocycles. The normalized spacial score (nSPS) is 10.9. The van der Waals surface area contributed by atoms with E-state index >= 15 is 0 Å². The number of carbonyl (C=O) groups excluding carboxylic acids is 1. The molecule has 2 heteroatoms. The van der Waals surface area contributed by atoms with E-state index in [9.17, 15) is 4.79 Å². The molecule has 0 bridgehead atoms. The molecule has 0 fully saturated rings. The maximum absolute atomic E-state index is 10.6. The fourth-order valence-electron chi connectivity index (χ4n) is 3.48. The van der Waals surface area contributed by atoms with Crippen LogP contribution in [0.5, 0.6) is 5.75 Å². The van der Waals surface area contributed by atoms with E-state index in [1.54, 1.807) is 12.1 Å². The molecule has 0 aromatic heterocycles. The van der Waals surface area contributed by atoms with Gasteiger partial charge in [-0.1, -0.05) is 103 Å². The number of benzene rings is 1. The van der Waals surface area contributed by atoms with E-state index < -0.39 is 0 Å². The van der Waals surface area contributed by atoms with Crippen LogP contribution in [0.2, 0.25) is 0 Å². The van der Waals surface area contributed by atoms with E-state index in [0.717, 1.165) is 25.1 Å². The largest absolute Gasteiger partial charge is 0.494 e. The summed E-state index contributed by atoms with van der Waals surface area (Å²) < 4.78 is 5.71. The van der Waals surface area contributed by atoms with E-state index in [0.29, 0.717) is 5.56 Å². The van der Waals surface area contributed by atoms with Gasteiger partial charge in [0.15, 0.2) is 0 Å². The summed E-state index contributed by atoms with van der Waals surface area (Å²) in [5, 5.41) is 0. The lowest BCUT2D eigenvalue weighted by molar-refractivity contribution is 0.112. The van der Waals surface area contributed by atoms with E-state index in [2.05, 4.69) is 6.92 Å². The zero-order valence-electron chi connectivity index (χ0n) is 17.7. The first-order chi connectivity index (χ1) is 13.4. The van der Waals surface area contributed by atoms with Crippen molar-refractivity contribution in [3.8, 4) is 5.75 Å². The van der Waals surface area contributed by atoms with Gasteiger partial charge < -0.3 is 4.74 Å². The third kappa shape index (κ3) is 14.4. The van der Waals surface area contributed by atoms with Gasteiger partial charge in [0.05, 0.1) is 6.61 Å². The van der Waals surface area contributed by atoms with Crippen molar-refractivity contribution in [2.24, 2.45) is 0 Å². The van der Waals surface area contributed by atoms with Crippen LogP contribution in [-0.2, 0) is 0 Å². The van der Waals surface area contributed by atoms with Crippen molar-refractivity contribution in [2.75, 3.05) is 6.61 Å². The van der Waals surface area contributed by atoms with Crippen molar-refractivity contribution >= 4 is 6.29 Å². The minimum Gasteiger partial charge on any atom is -0.494 e. The molecule has 0 saturated carbocycles. The van der Waals surface area contributed by atoms with E-state index in [4.69, 9.17) is 4.74 Å². The van der Waals surface area contributed by atoms with Crippen molar-refractivity contribution in [3.05, 3.63) is 29.8 Å². The first-order valence-corrected chi connectivity index (χ1v) is 11.5. The highest BCUT2D eigenvalue weighted by Crippen LogP contribution is 2.15. The molecule has 0 aliphatic carbocycles. The van der Waals surface area contributed by atoms with Crippen molar-refractivity contribution in [1.82, 2.24) is 0 Å². The summed E-state index contributed by atoms with van der Waals surface area (Å²) >= 11 is 0. The Bertz CT molecular complexity index is 438. The van der Waals surface area contributed by atoms with Gasteiger partial charge in [0.25, 0.3) is 0 Å². The summed E-state index contributed by atoms with van der Waals surface area (Å²) in [6.45, 7) is 3.06. The van der Waals surface area contributed by atoms with E-state index in [-0.39, 0.29) is 0 Å². The van der Waals surface area contributed by atoms with Crippen LogP contribution in [-0.4, -0.2) is 12.9 Å². The Morgan fingerprint density at radius 1 is 0.630 bits per heavy atom. The number of carbonyl (C=O) groups is 1. The topological polar surface area (TPSA) is 26.3 Å². The number of hydrogen-bond acceptors (Lipinski definition) is 2. The Labute approximate surface area is 168 Å². The molecular weight excluding hydrogens is 332 g/mol. The maximum Gasteiger partial charge on any atom is 0.150 e. The lowest BCUT2D eigenvalue weighted by atomic mass is 10.0. The second-order valence-electron chi connectivity index (χ2n) is 7.84. The fourth-order valence-corrected chi connectivity index (χ4v) is 3.48. The second-order valence-corrected chi connectivity index (χ2v) is 7.84. The Morgan fingerprint density at radius 3 is 1.44 bits per heavy atom.